The van der Waals surface area contributed by atoms with Gasteiger partial charge in [-0.2, -0.15) is 5.26 Å². The molecule has 0 aliphatic rings. The van der Waals surface area contributed by atoms with Crippen LogP contribution in [-0.2, 0) is 4.79 Å². The molecular formula is C17H13N3OS3. The van der Waals surface area contributed by atoms with Crippen LogP contribution in [0.3, 0.4) is 0 Å². The van der Waals surface area contributed by atoms with Gasteiger partial charge in [0.15, 0.2) is 16.0 Å². The van der Waals surface area contributed by atoms with E-state index in [4.69, 9.17) is 0 Å². The monoisotopic (exact) mass is 371 g/mol. The van der Waals surface area contributed by atoms with E-state index in [1.54, 1.807) is 0 Å². The number of ketones is 1. The highest BCUT2D eigenvalue weighted by Gasteiger charge is 2.24. The van der Waals surface area contributed by atoms with Crippen LogP contribution in [0, 0.1) is 18.3 Å². The zero-order valence-electron chi connectivity index (χ0n) is 12.8. The number of aryl methyl sites for hydroxylation is 1. The molecule has 3 rings (SSSR count). The van der Waals surface area contributed by atoms with E-state index >= 15 is 0 Å². The van der Waals surface area contributed by atoms with E-state index in [1.807, 2.05) is 48.0 Å². The van der Waals surface area contributed by atoms with Gasteiger partial charge in [-0.3, -0.25) is 4.79 Å². The number of rotatable bonds is 6. The summed E-state index contributed by atoms with van der Waals surface area (Å²) in [6.45, 7) is 1.92. The van der Waals surface area contributed by atoms with Crippen molar-refractivity contribution >= 4 is 40.2 Å². The fourth-order valence-electron chi connectivity index (χ4n) is 2.04. The number of nitriles is 1. The topological polar surface area (TPSA) is 66.6 Å². The molecule has 0 fully saturated rings. The second kappa shape index (κ2) is 7.71. The molecule has 1 atom stereocenters. The third kappa shape index (κ3) is 3.90. The summed E-state index contributed by atoms with van der Waals surface area (Å²) < 4.78 is 0.849. The third-order valence-electron chi connectivity index (χ3n) is 3.23. The van der Waals surface area contributed by atoms with Gasteiger partial charge in [0, 0.05) is 22.0 Å². The summed E-state index contributed by atoms with van der Waals surface area (Å²) >= 11 is 4.24. The zero-order chi connectivity index (χ0) is 16.9. The molecule has 1 aromatic carbocycles. The van der Waals surface area contributed by atoms with E-state index < -0.39 is 5.92 Å². The van der Waals surface area contributed by atoms with Gasteiger partial charge >= 0.3 is 0 Å². The number of aromatic nitrogens is 2. The van der Waals surface area contributed by atoms with Gasteiger partial charge < -0.3 is 0 Å². The molecule has 3 aromatic rings. The Balaban J connectivity index is 1.71. The number of benzene rings is 1. The Labute approximate surface area is 152 Å². The van der Waals surface area contributed by atoms with Gasteiger partial charge in [-0.05, 0) is 6.92 Å². The summed E-state index contributed by atoms with van der Waals surface area (Å²) in [7, 11) is 0. The van der Waals surface area contributed by atoms with E-state index in [0.717, 1.165) is 21.3 Å². The number of carbonyl (C=O) groups is 1. The summed E-state index contributed by atoms with van der Waals surface area (Å²) in [6, 6.07) is 11.8. The largest absolute Gasteiger partial charge is 0.297 e. The van der Waals surface area contributed by atoms with E-state index in [-0.39, 0.29) is 11.5 Å². The number of carbonyl (C=O) groups excluding carboxylic acids is 1. The number of thioether (sulfide) groups is 1. The normalized spacial score (nSPS) is 11.8. The van der Waals surface area contributed by atoms with Gasteiger partial charge in [0.05, 0.1) is 17.5 Å². The minimum absolute atomic E-state index is 0.135. The molecule has 0 saturated carbocycles. The molecule has 24 heavy (non-hydrogen) atoms. The van der Waals surface area contributed by atoms with Crippen LogP contribution in [0.15, 0.2) is 45.4 Å². The Morgan fingerprint density at radius 2 is 2.04 bits per heavy atom. The highest BCUT2D eigenvalue weighted by atomic mass is 32.2. The molecule has 0 saturated heterocycles. The van der Waals surface area contributed by atoms with Crippen LogP contribution in [0.25, 0.3) is 11.3 Å². The number of thiazole rings is 2. The van der Waals surface area contributed by atoms with Gasteiger partial charge in [-0.1, -0.05) is 42.1 Å². The first-order valence-corrected chi connectivity index (χ1v) is 9.90. The van der Waals surface area contributed by atoms with Crippen LogP contribution in [0.1, 0.15) is 16.6 Å². The van der Waals surface area contributed by atoms with Gasteiger partial charge in [0.2, 0.25) is 0 Å². The van der Waals surface area contributed by atoms with Crippen LogP contribution in [0.2, 0.25) is 0 Å². The quantitative estimate of drug-likeness (QED) is 0.595. The third-order valence-corrected chi connectivity index (χ3v) is 6.30. The van der Waals surface area contributed by atoms with Crippen molar-refractivity contribution in [2.24, 2.45) is 0 Å². The molecular weight excluding hydrogens is 358 g/mol. The van der Waals surface area contributed by atoms with Crippen molar-refractivity contribution in [2.45, 2.75) is 17.2 Å². The second-order valence-electron chi connectivity index (χ2n) is 5.01. The summed E-state index contributed by atoms with van der Waals surface area (Å²) in [5.74, 6) is -0.726. The van der Waals surface area contributed by atoms with Gasteiger partial charge in [0.1, 0.15) is 5.01 Å². The predicted molar refractivity (Wildman–Crippen MR) is 98.5 cm³/mol. The molecule has 1 unspecified atom stereocenters. The molecule has 0 aliphatic heterocycles. The molecule has 0 bridgehead atoms. The molecule has 2 aromatic heterocycles. The van der Waals surface area contributed by atoms with E-state index in [2.05, 4.69) is 16.0 Å². The van der Waals surface area contributed by atoms with Crippen molar-refractivity contribution < 1.29 is 4.79 Å². The molecule has 0 aliphatic carbocycles. The van der Waals surface area contributed by atoms with Gasteiger partial charge in [0.25, 0.3) is 0 Å². The van der Waals surface area contributed by atoms with Crippen molar-refractivity contribution in [1.82, 2.24) is 9.97 Å². The minimum atomic E-state index is -0.818. The number of nitrogens with zero attached hydrogens (tertiary/aromatic N) is 3. The van der Waals surface area contributed by atoms with Gasteiger partial charge in [-0.15, -0.1) is 22.7 Å². The van der Waals surface area contributed by atoms with Crippen molar-refractivity contribution in [3.05, 3.63) is 51.8 Å². The molecule has 0 N–H and O–H groups in total. The molecule has 7 heteroatoms. The zero-order valence-corrected chi connectivity index (χ0v) is 15.3. The maximum absolute atomic E-state index is 12.4. The average Bonchev–Trinajstić information content (AvgIpc) is 3.24. The van der Waals surface area contributed by atoms with Crippen LogP contribution in [0.4, 0.5) is 0 Å². The lowest BCUT2D eigenvalue weighted by molar-refractivity contribution is -0.116. The first-order chi connectivity index (χ1) is 11.7. The van der Waals surface area contributed by atoms with Crippen molar-refractivity contribution in [3.8, 4) is 17.3 Å². The Kier molecular flexibility index (Phi) is 5.41. The lowest BCUT2D eigenvalue weighted by Crippen LogP contribution is -2.13. The average molecular weight is 372 g/mol. The minimum Gasteiger partial charge on any atom is -0.297 e. The predicted octanol–water partition coefficient (Wildman–Crippen LogP) is 4.54. The molecule has 4 nitrogen and oxygen atoms in total. The SMILES string of the molecule is Cc1csc(SCC(=O)C(C#N)c2nc(-c3ccccc3)cs2)n1. The molecule has 0 amide bonds. The Morgan fingerprint density at radius 1 is 1.25 bits per heavy atom. The summed E-state index contributed by atoms with van der Waals surface area (Å²) in [5, 5.41) is 13.8. The maximum Gasteiger partial charge on any atom is 0.167 e. The fourth-order valence-corrected chi connectivity index (χ4v) is 4.69. The highest BCUT2D eigenvalue weighted by molar-refractivity contribution is 8.01. The molecule has 0 radical (unpaired) electrons. The highest BCUT2D eigenvalue weighted by Crippen LogP contribution is 2.29. The number of hydrogen-bond acceptors (Lipinski definition) is 7. The van der Waals surface area contributed by atoms with Crippen LogP contribution < -0.4 is 0 Å². The smallest absolute Gasteiger partial charge is 0.167 e. The summed E-state index contributed by atoms with van der Waals surface area (Å²) in [6.07, 6.45) is 0. The van der Waals surface area contributed by atoms with Gasteiger partial charge in [-0.25, -0.2) is 9.97 Å². The second-order valence-corrected chi connectivity index (χ2v) is 7.98. The standard InChI is InChI=1S/C17H13N3OS3/c1-11-8-23-17(19-11)24-10-15(21)13(7-18)16-20-14(9-22-16)12-5-3-2-4-6-12/h2-6,8-9,13H,10H2,1H3. The number of Topliss-reactive ketones (excluding diaryl/α,β-unsaturated/α-hetero) is 1. The number of hydrogen-bond donors (Lipinski definition) is 0. The van der Waals surface area contributed by atoms with Crippen LogP contribution in [-0.4, -0.2) is 21.5 Å². The van der Waals surface area contributed by atoms with Crippen molar-refractivity contribution in [1.29, 1.82) is 5.26 Å². The lowest BCUT2D eigenvalue weighted by Gasteiger charge is -2.03. The Morgan fingerprint density at radius 3 is 2.71 bits per heavy atom. The van der Waals surface area contributed by atoms with E-state index in [1.165, 1.54) is 34.4 Å². The maximum atomic E-state index is 12.4. The van der Waals surface area contributed by atoms with E-state index in [9.17, 15) is 10.1 Å². The van der Waals surface area contributed by atoms with Crippen molar-refractivity contribution in [3.63, 3.8) is 0 Å². The van der Waals surface area contributed by atoms with Crippen molar-refractivity contribution in [2.75, 3.05) is 5.75 Å². The summed E-state index contributed by atoms with van der Waals surface area (Å²) in [5.41, 5.74) is 2.72. The molecule has 2 heterocycles. The first kappa shape index (κ1) is 16.8. The lowest BCUT2D eigenvalue weighted by atomic mass is 10.1. The fraction of sp³-hybridized carbons (Fsp3) is 0.176. The summed E-state index contributed by atoms with van der Waals surface area (Å²) in [4.78, 5) is 21.2. The molecule has 0 spiro atoms. The van der Waals surface area contributed by atoms with Crippen LogP contribution >= 0.6 is 34.4 Å². The Hall–Kier alpha value is -2.01. The Bertz CT molecular complexity index is 880. The molecule has 120 valence electrons. The first-order valence-electron chi connectivity index (χ1n) is 7.15. The van der Waals surface area contributed by atoms with Crippen LogP contribution in [0.5, 0.6) is 0 Å². The van der Waals surface area contributed by atoms with E-state index in [0.29, 0.717) is 5.01 Å².